The van der Waals surface area contributed by atoms with Gasteiger partial charge in [-0.05, 0) is 25.7 Å². The minimum Gasteiger partial charge on any atom is -0.465 e. The fourth-order valence-electron chi connectivity index (χ4n) is 3.13. The normalized spacial score (nSPS) is 16.3. The van der Waals surface area contributed by atoms with Gasteiger partial charge >= 0.3 is 11.9 Å². The molecule has 0 heterocycles. The summed E-state index contributed by atoms with van der Waals surface area (Å²) < 4.78 is 10.8. The minimum absolute atomic E-state index is 0.356. The van der Waals surface area contributed by atoms with E-state index in [4.69, 9.17) is 9.47 Å². The monoisotopic (exact) mass is 326 g/mol. The summed E-state index contributed by atoms with van der Waals surface area (Å²) in [4.78, 5) is 24.9. The van der Waals surface area contributed by atoms with Gasteiger partial charge < -0.3 is 9.47 Å². The van der Waals surface area contributed by atoms with Crippen molar-refractivity contribution in [2.24, 2.45) is 5.41 Å². The van der Waals surface area contributed by atoms with Gasteiger partial charge in [-0.15, -0.1) is 0 Å². The number of unbranched alkanes of at least 4 members (excludes halogenated alkanes) is 6. The maximum Gasteiger partial charge on any atom is 0.323 e. The maximum absolute atomic E-state index is 12.5. The van der Waals surface area contributed by atoms with Gasteiger partial charge in [-0.3, -0.25) is 9.59 Å². The topological polar surface area (TPSA) is 52.6 Å². The summed E-state index contributed by atoms with van der Waals surface area (Å²) in [5.74, 6) is -0.713. The number of rotatable bonds is 12. The lowest BCUT2D eigenvalue weighted by atomic mass is 9.86. The van der Waals surface area contributed by atoms with Crippen molar-refractivity contribution in [2.75, 3.05) is 13.2 Å². The van der Waals surface area contributed by atoms with Crippen LogP contribution in [0.1, 0.15) is 90.9 Å². The fraction of sp³-hybridized carbons (Fsp3) is 0.895. The molecule has 0 aromatic heterocycles. The van der Waals surface area contributed by atoms with Gasteiger partial charge in [0.15, 0.2) is 5.41 Å². The van der Waals surface area contributed by atoms with Gasteiger partial charge in [0, 0.05) is 0 Å². The number of carbonyl (C=O) groups is 2. The molecule has 0 aliphatic heterocycles. The number of hydrogen-bond acceptors (Lipinski definition) is 4. The molecule has 0 amide bonds. The van der Waals surface area contributed by atoms with Crippen LogP contribution in [0.2, 0.25) is 0 Å². The molecule has 4 nitrogen and oxygen atoms in total. The summed E-state index contributed by atoms with van der Waals surface area (Å²) in [6.07, 6.45) is 11.5. The zero-order valence-electron chi connectivity index (χ0n) is 15.0. The first-order chi connectivity index (χ1) is 11.2. The molecule has 0 radical (unpaired) electrons. The van der Waals surface area contributed by atoms with Crippen LogP contribution in [0.5, 0.6) is 0 Å². The van der Waals surface area contributed by atoms with E-state index in [0.717, 1.165) is 64.2 Å². The first kappa shape index (κ1) is 20.0. The first-order valence-corrected chi connectivity index (χ1v) is 9.52. The molecule has 0 N–H and O–H groups in total. The molecule has 0 saturated heterocycles. The summed E-state index contributed by atoms with van der Waals surface area (Å²) in [5.41, 5.74) is -1.02. The Morgan fingerprint density at radius 2 is 1.17 bits per heavy atom. The van der Waals surface area contributed by atoms with Crippen molar-refractivity contribution in [1.29, 1.82) is 0 Å². The van der Waals surface area contributed by atoms with E-state index < -0.39 is 5.41 Å². The minimum atomic E-state index is -1.02. The predicted molar refractivity (Wildman–Crippen MR) is 91.1 cm³/mol. The van der Waals surface area contributed by atoms with Crippen LogP contribution >= 0.6 is 0 Å². The van der Waals surface area contributed by atoms with Crippen LogP contribution in [0.25, 0.3) is 0 Å². The predicted octanol–water partition coefficient (Wildman–Crippen LogP) is 4.79. The largest absolute Gasteiger partial charge is 0.465 e. The van der Waals surface area contributed by atoms with Gasteiger partial charge in [-0.1, -0.05) is 65.2 Å². The van der Waals surface area contributed by atoms with Gasteiger partial charge in [0.25, 0.3) is 0 Å². The van der Waals surface area contributed by atoms with Crippen molar-refractivity contribution < 1.29 is 19.1 Å². The van der Waals surface area contributed by atoms with Gasteiger partial charge in [-0.2, -0.15) is 0 Å². The van der Waals surface area contributed by atoms with E-state index in [9.17, 15) is 9.59 Å². The molecular weight excluding hydrogens is 292 g/mol. The zero-order valence-corrected chi connectivity index (χ0v) is 15.0. The Kier molecular flexibility index (Phi) is 9.97. The van der Waals surface area contributed by atoms with Gasteiger partial charge in [0.2, 0.25) is 0 Å². The van der Waals surface area contributed by atoms with Gasteiger partial charge in [-0.25, -0.2) is 0 Å². The van der Waals surface area contributed by atoms with Crippen LogP contribution in [-0.2, 0) is 19.1 Å². The Balaban J connectivity index is 2.40. The molecule has 1 saturated carbocycles. The molecule has 0 atom stereocenters. The van der Waals surface area contributed by atoms with Crippen LogP contribution < -0.4 is 0 Å². The SMILES string of the molecule is CCCCCCOC(=O)C1(C(=O)OCCCCCC)CCCC1. The molecule has 1 rings (SSSR count). The third-order valence-electron chi connectivity index (χ3n) is 4.70. The molecule has 1 aliphatic carbocycles. The summed E-state index contributed by atoms with van der Waals surface area (Å²) >= 11 is 0. The third-order valence-corrected chi connectivity index (χ3v) is 4.70. The Labute approximate surface area is 141 Å². The first-order valence-electron chi connectivity index (χ1n) is 9.52. The van der Waals surface area contributed by atoms with Gasteiger partial charge in [0.05, 0.1) is 13.2 Å². The smallest absolute Gasteiger partial charge is 0.323 e. The maximum atomic E-state index is 12.5. The molecule has 0 spiro atoms. The van der Waals surface area contributed by atoms with E-state index in [1.54, 1.807) is 0 Å². The lowest BCUT2D eigenvalue weighted by molar-refractivity contribution is -0.172. The van der Waals surface area contributed by atoms with E-state index in [2.05, 4.69) is 13.8 Å². The van der Waals surface area contributed by atoms with Crippen LogP contribution in [0.4, 0.5) is 0 Å². The van der Waals surface area contributed by atoms with Crippen molar-refractivity contribution in [3.05, 3.63) is 0 Å². The average molecular weight is 326 g/mol. The van der Waals surface area contributed by atoms with E-state index in [-0.39, 0.29) is 11.9 Å². The highest BCUT2D eigenvalue weighted by Gasteiger charge is 2.50. The highest BCUT2D eigenvalue weighted by molar-refractivity contribution is 6.00. The second-order valence-electron chi connectivity index (χ2n) is 6.68. The number of carbonyl (C=O) groups excluding carboxylic acids is 2. The Bertz CT molecular complexity index is 317. The van der Waals surface area contributed by atoms with Crippen LogP contribution in [-0.4, -0.2) is 25.2 Å². The van der Waals surface area contributed by atoms with E-state index in [0.29, 0.717) is 26.1 Å². The zero-order chi connectivity index (χ0) is 17.0. The fourth-order valence-corrected chi connectivity index (χ4v) is 3.13. The molecule has 0 unspecified atom stereocenters. The summed E-state index contributed by atoms with van der Waals surface area (Å²) in [5, 5.41) is 0. The molecule has 23 heavy (non-hydrogen) atoms. The number of ether oxygens (including phenoxy) is 2. The summed E-state index contributed by atoms with van der Waals surface area (Å²) in [6, 6.07) is 0. The molecule has 0 bridgehead atoms. The average Bonchev–Trinajstić information content (AvgIpc) is 3.05. The second kappa shape index (κ2) is 11.5. The standard InChI is InChI=1S/C19H34O4/c1-3-5-7-11-15-22-17(20)19(13-9-10-14-19)18(21)23-16-12-8-6-4-2/h3-16H2,1-2H3. The van der Waals surface area contributed by atoms with Crippen molar-refractivity contribution >= 4 is 11.9 Å². The van der Waals surface area contributed by atoms with Crippen molar-refractivity contribution in [3.8, 4) is 0 Å². The molecule has 4 heteroatoms. The molecule has 0 aromatic rings. The Morgan fingerprint density at radius 3 is 1.57 bits per heavy atom. The lowest BCUT2D eigenvalue weighted by Gasteiger charge is -2.24. The Morgan fingerprint density at radius 1 is 0.739 bits per heavy atom. The quantitative estimate of drug-likeness (QED) is 0.294. The molecule has 1 aliphatic rings. The van der Waals surface area contributed by atoms with E-state index >= 15 is 0 Å². The summed E-state index contributed by atoms with van der Waals surface area (Å²) in [6.45, 7) is 5.14. The van der Waals surface area contributed by atoms with Crippen molar-refractivity contribution in [3.63, 3.8) is 0 Å². The lowest BCUT2D eigenvalue weighted by Crippen LogP contribution is -2.40. The van der Waals surface area contributed by atoms with E-state index in [1.807, 2.05) is 0 Å². The molecule has 0 aromatic carbocycles. The van der Waals surface area contributed by atoms with E-state index in [1.165, 1.54) is 0 Å². The highest BCUT2D eigenvalue weighted by atomic mass is 16.6. The van der Waals surface area contributed by atoms with Crippen molar-refractivity contribution in [1.82, 2.24) is 0 Å². The highest BCUT2D eigenvalue weighted by Crippen LogP contribution is 2.40. The van der Waals surface area contributed by atoms with Crippen LogP contribution in [0, 0.1) is 5.41 Å². The second-order valence-corrected chi connectivity index (χ2v) is 6.68. The van der Waals surface area contributed by atoms with Crippen LogP contribution in [0.3, 0.4) is 0 Å². The van der Waals surface area contributed by atoms with Crippen LogP contribution in [0.15, 0.2) is 0 Å². The molecular formula is C19H34O4. The number of esters is 2. The van der Waals surface area contributed by atoms with Gasteiger partial charge in [0.1, 0.15) is 0 Å². The number of hydrogen-bond donors (Lipinski definition) is 0. The summed E-state index contributed by atoms with van der Waals surface area (Å²) in [7, 11) is 0. The van der Waals surface area contributed by atoms with Crippen molar-refractivity contribution in [2.45, 2.75) is 90.9 Å². The molecule has 134 valence electrons. The Hall–Kier alpha value is -1.06. The molecule has 1 fully saturated rings. The third kappa shape index (κ3) is 6.52.